The number of nitrogens with zero attached hydrogens (tertiary/aromatic N) is 3. The number of pyridine rings is 1. The van der Waals surface area contributed by atoms with Crippen molar-refractivity contribution in [1.29, 1.82) is 5.26 Å². The second kappa shape index (κ2) is 14.0. The van der Waals surface area contributed by atoms with E-state index in [4.69, 9.17) is 25.8 Å². The normalized spacial score (nSPS) is 14.6. The van der Waals surface area contributed by atoms with Gasteiger partial charge in [-0.3, -0.25) is 9.78 Å². The van der Waals surface area contributed by atoms with Gasteiger partial charge in [-0.25, -0.2) is 0 Å². The SMILES string of the molecule is CN(C)C/C=C/C(=O)Nc1cc2c(Nc3ccc(OCc4ccccc4)c(Cl)c3)c(C#N)cnc2cc1O[C@H]1CCOC1. The van der Waals surface area contributed by atoms with Gasteiger partial charge in [-0.2, -0.15) is 5.26 Å². The van der Waals surface area contributed by atoms with Crippen LogP contribution in [-0.2, 0) is 16.1 Å². The number of halogens is 1. The van der Waals surface area contributed by atoms with Crippen LogP contribution in [0.15, 0.2) is 79.0 Å². The van der Waals surface area contributed by atoms with E-state index in [0.717, 1.165) is 12.0 Å². The van der Waals surface area contributed by atoms with Crippen LogP contribution in [0.1, 0.15) is 17.5 Å². The molecule has 2 heterocycles. The Kier molecular flexibility index (Phi) is 9.74. The van der Waals surface area contributed by atoms with Gasteiger partial charge in [0.15, 0.2) is 0 Å². The Hall–Kier alpha value is -4.62. The number of amides is 1. The molecule has 1 amide bonds. The Bertz CT molecular complexity index is 1660. The highest BCUT2D eigenvalue weighted by molar-refractivity contribution is 6.32. The first kappa shape index (κ1) is 29.9. The van der Waals surface area contributed by atoms with Crippen molar-refractivity contribution in [1.82, 2.24) is 9.88 Å². The van der Waals surface area contributed by atoms with E-state index in [9.17, 15) is 10.1 Å². The van der Waals surface area contributed by atoms with Crippen LogP contribution in [0.4, 0.5) is 17.1 Å². The number of hydrogen-bond donors (Lipinski definition) is 2. The predicted molar refractivity (Wildman–Crippen MR) is 168 cm³/mol. The highest BCUT2D eigenvalue weighted by atomic mass is 35.5. The number of aromatic nitrogens is 1. The quantitative estimate of drug-likeness (QED) is 0.194. The molecule has 1 fully saturated rings. The molecule has 2 N–H and O–H groups in total. The van der Waals surface area contributed by atoms with E-state index in [0.29, 0.717) is 76.4 Å². The first-order valence-electron chi connectivity index (χ1n) is 13.9. The second-order valence-electron chi connectivity index (χ2n) is 10.3. The van der Waals surface area contributed by atoms with E-state index < -0.39 is 0 Å². The lowest BCUT2D eigenvalue weighted by molar-refractivity contribution is -0.111. The number of benzene rings is 3. The third-order valence-electron chi connectivity index (χ3n) is 6.71. The average molecular weight is 598 g/mol. The summed E-state index contributed by atoms with van der Waals surface area (Å²) in [5, 5.41) is 17.3. The van der Waals surface area contributed by atoms with Crippen molar-refractivity contribution in [2.24, 2.45) is 0 Å². The van der Waals surface area contributed by atoms with Crippen molar-refractivity contribution in [3.8, 4) is 17.6 Å². The molecule has 1 aromatic heterocycles. The number of fused-ring (bicyclic) bond motifs is 1. The molecule has 0 radical (unpaired) electrons. The lowest BCUT2D eigenvalue weighted by Gasteiger charge is -2.19. The summed E-state index contributed by atoms with van der Waals surface area (Å²) in [6.45, 7) is 2.09. The fourth-order valence-electron chi connectivity index (χ4n) is 4.54. The van der Waals surface area contributed by atoms with Crippen molar-refractivity contribution < 1.29 is 19.0 Å². The second-order valence-corrected chi connectivity index (χ2v) is 10.7. The Balaban J connectivity index is 1.46. The third kappa shape index (κ3) is 7.81. The van der Waals surface area contributed by atoms with Gasteiger partial charge in [0.05, 0.1) is 40.7 Å². The summed E-state index contributed by atoms with van der Waals surface area (Å²) < 4.78 is 17.6. The summed E-state index contributed by atoms with van der Waals surface area (Å²) in [6.07, 6.45) is 5.38. The van der Waals surface area contributed by atoms with E-state index in [2.05, 4.69) is 21.7 Å². The molecule has 1 aliphatic rings. The minimum Gasteiger partial charge on any atom is -0.487 e. The number of rotatable bonds is 11. The van der Waals surface area contributed by atoms with Gasteiger partial charge in [-0.1, -0.05) is 48.0 Å². The van der Waals surface area contributed by atoms with E-state index >= 15 is 0 Å². The fourth-order valence-corrected chi connectivity index (χ4v) is 4.78. The number of hydrogen-bond acceptors (Lipinski definition) is 8. The maximum absolute atomic E-state index is 12.8. The minimum atomic E-state index is -0.300. The fraction of sp³-hybridized carbons (Fsp3) is 0.242. The van der Waals surface area contributed by atoms with Crippen LogP contribution >= 0.6 is 11.6 Å². The van der Waals surface area contributed by atoms with Gasteiger partial charge >= 0.3 is 0 Å². The molecule has 1 saturated heterocycles. The Morgan fingerprint density at radius 2 is 2.02 bits per heavy atom. The van der Waals surface area contributed by atoms with Gasteiger partial charge in [0.1, 0.15) is 30.3 Å². The van der Waals surface area contributed by atoms with Crippen LogP contribution in [0, 0.1) is 11.3 Å². The number of nitriles is 1. The van der Waals surface area contributed by atoms with Crippen LogP contribution in [-0.4, -0.2) is 55.7 Å². The maximum atomic E-state index is 12.8. The summed E-state index contributed by atoms with van der Waals surface area (Å²) in [5.74, 6) is 0.718. The lowest BCUT2D eigenvalue weighted by Crippen LogP contribution is -2.18. The molecule has 5 rings (SSSR count). The van der Waals surface area contributed by atoms with Gasteiger partial charge in [0.25, 0.3) is 0 Å². The topological polar surface area (TPSA) is 109 Å². The van der Waals surface area contributed by atoms with E-state index in [1.54, 1.807) is 30.3 Å². The number of carbonyl (C=O) groups is 1. The molecule has 9 nitrogen and oxygen atoms in total. The molecule has 1 atom stereocenters. The summed E-state index contributed by atoms with van der Waals surface area (Å²) >= 11 is 6.57. The Labute approximate surface area is 255 Å². The van der Waals surface area contributed by atoms with Gasteiger partial charge in [0, 0.05) is 42.4 Å². The van der Waals surface area contributed by atoms with Crippen LogP contribution in [0.5, 0.6) is 11.5 Å². The first-order valence-corrected chi connectivity index (χ1v) is 14.2. The first-order chi connectivity index (χ1) is 20.9. The number of ether oxygens (including phenoxy) is 3. The zero-order chi connectivity index (χ0) is 30.2. The molecule has 0 aliphatic carbocycles. The van der Waals surface area contributed by atoms with Gasteiger partial charge in [0.2, 0.25) is 5.91 Å². The average Bonchev–Trinajstić information content (AvgIpc) is 3.51. The summed E-state index contributed by atoms with van der Waals surface area (Å²) in [5.41, 5.74) is 3.58. The van der Waals surface area contributed by atoms with Gasteiger partial charge < -0.3 is 29.7 Å². The van der Waals surface area contributed by atoms with Gasteiger partial charge in [-0.05, 0) is 43.9 Å². The third-order valence-corrected chi connectivity index (χ3v) is 7.00. The zero-order valence-corrected chi connectivity index (χ0v) is 24.7. The molecule has 0 saturated carbocycles. The van der Waals surface area contributed by atoms with Crippen LogP contribution in [0.2, 0.25) is 5.02 Å². The molecule has 0 unspecified atom stereocenters. The van der Waals surface area contributed by atoms with E-state index in [1.807, 2.05) is 55.4 Å². The Morgan fingerprint density at radius 1 is 1.19 bits per heavy atom. The number of carbonyl (C=O) groups excluding carboxylic acids is 1. The van der Waals surface area contributed by atoms with Crippen LogP contribution in [0.25, 0.3) is 10.9 Å². The van der Waals surface area contributed by atoms with Crippen molar-refractivity contribution in [3.05, 3.63) is 95.2 Å². The molecular formula is C33H32ClN5O4. The number of nitrogens with one attached hydrogen (secondary N) is 2. The summed E-state index contributed by atoms with van der Waals surface area (Å²) in [7, 11) is 3.85. The maximum Gasteiger partial charge on any atom is 0.248 e. The van der Waals surface area contributed by atoms with Crippen LogP contribution in [0.3, 0.4) is 0 Å². The molecule has 3 aromatic carbocycles. The monoisotopic (exact) mass is 597 g/mol. The van der Waals surface area contributed by atoms with Crippen molar-refractivity contribution >= 4 is 45.5 Å². The lowest BCUT2D eigenvalue weighted by atomic mass is 10.1. The zero-order valence-electron chi connectivity index (χ0n) is 24.0. The largest absolute Gasteiger partial charge is 0.487 e. The molecule has 10 heteroatoms. The Morgan fingerprint density at radius 3 is 2.74 bits per heavy atom. The molecular weight excluding hydrogens is 566 g/mol. The number of anilines is 3. The predicted octanol–water partition coefficient (Wildman–Crippen LogP) is 6.31. The van der Waals surface area contributed by atoms with Gasteiger partial charge in [-0.15, -0.1) is 0 Å². The van der Waals surface area contributed by atoms with Crippen molar-refractivity contribution in [3.63, 3.8) is 0 Å². The molecule has 4 aromatic rings. The molecule has 220 valence electrons. The van der Waals surface area contributed by atoms with Crippen molar-refractivity contribution in [2.75, 3.05) is 44.5 Å². The minimum absolute atomic E-state index is 0.141. The van der Waals surface area contributed by atoms with Crippen molar-refractivity contribution in [2.45, 2.75) is 19.1 Å². The highest BCUT2D eigenvalue weighted by Gasteiger charge is 2.21. The summed E-state index contributed by atoms with van der Waals surface area (Å²) in [4.78, 5) is 19.3. The molecule has 1 aliphatic heterocycles. The molecule has 0 bridgehead atoms. The standard InChI is InChI=1S/C33H32ClN5O4/c1-39(2)13-6-9-32(40)38-29-16-26-28(17-31(29)43-25-12-14-41-21-25)36-19-23(18-35)33(26)37-24-10-11-30(27(34)15-24)42-20-22-7-4-3-5-8-22/h3-11,15-17,19,25H,12-14,20-21H2,1-2H3,(H,36,37)(H,38,40)/b9-6+/t25-/m0/s1. The highest BCUT2D eigenvalue weighted by Crippen LogP contribution is 2.38. The van der Waals surface area contributed by atoms with Crippen LogP contribution < -0.4 is 20.1 Å². The molecule has 0 spiro atoms. The van der Waals surface area contributed by atoms with E-state index in [-0.39, 0.29) is 12.0 Å². The number of likely N-dealkylation sites (N-methyl/N-ethyl adjacent to an activating group) is 1. The molecule has 43 heavy (non-hydrogen) atoms. The smallest absolute Gasteiger partial charge is 0.248 e. The summed E-state index contributed by atoms with van der Waals surface area (Å²) in [6, 6.07) is 20.9. The van der Waals surface area contributed by atoms with E-state index in [1.165, 1.54) is 12.3 Å².